The summed E-state index contributed by atoms with van der Waals surface area (Å²) in [7, 11) is 0. The van der Waals surface area contributed by atoms with Gasteiger partial charge in [0.25, 0.3) is 5.69 Å². The number of anilines is 1. The first-order valence-corrected chi connectivity index (χ1v) is 13.4. The number of nitro benzene ring substituents is 1. The largest absolute Gasteiger partial charge is 0.361 e. The van der Waals surface area contributed by atoms with E-state index in [9.17, 15) is 24.5 Å². The van der Waals surface area contributed by atoms with Gasteiger partial charge in [0.2, 0.25) is 11.8 Å². The van der Waals surface area contributed by atoms with Crippen LogP contribution in [0.3, 0.4) is 0 Å². The molecular weight excluding hydrogens is 530 g/mol. The van der Waals surface area contributed by atoms with E-state index in [-0.39, 0.29) is 29.7 Å². The van der Waals surface area contributed by atoms with E-state index in [1.165, 1.54) is 43.0 Å². The minimum absolute atomic E-state index is 0.0568. The number of non-ortho nitro benzene ring substituents is 1. The number of fused-ring (bicyclic) bond motifs is 1. The molecule has 1 unspecified atom stereocenters. The summed E-state index contributed by atoms with van der Waals surface area (Å²) in [6.07, 6.45) is 2.40. The molecule has 202 valence electrons. The number of aromatic amines is 1. The first-order chi connectivity index (χ1) is 19.3. The molecule has 0 spiro atoms. The third-order valence-electron chi connectivity index (χ3n) is 6.51. The Bertz CT molecular complexity index is 1650. The predicted molar refractivity (Wildman–Crippen MR) is 155 cm³/mol. The van der Waals surface area contributed by atoms with Gasteiger partial charge in [0.05, 0.1) is 10.6 Å². The van der Waals surface area contributed by atoms with Crippen LogP contribution < -0.4 is 5.32 Å². The van der Waals surface area contributed by atoms with Gasteiger partial charge in [-0.05, 0) is 49.2 Å². The van der Waals surface area contributed by atoms with Crippen LogP contribution in [0.4, 0.5) is 17.1 Å². The fourth-order valence-corrected chi connectivity index (χ4v) is 5.64. The van der Waals surface area contributed by atoms with Gasteiger partial charge >= 0.3 is 0 Å². The number of nitrogens with zero attached hydrogens (tertiary/aromatic N) is 3. The van der Waals surface area contributed by atoms with Crippen LogP contribution in [0.5, 0.6) is 0 Å². The molecule has 3 aromatic carbocycles. The number of amides is 2. The maximum atomic E-state index is 13.5. The topological polar surface area (TPSA) is 138 Å². The molecule has 1 aliphatic rings. The minimum atomic E-state index is -0.698. The molecule has 1 fully saturated rings. The van der Waals surface area contributed by atoms with E-state index < -0.39 is 10.2 Å². The number of aliphatic imine (C=N–C) groups is 1. The zero-order valence-electron chi connectivity index (χ0n) is 21.5. The summed E-state index contributed by atoms with van der Waals surface area (Å²) in [4.78, 5) is 58.0. The van der Waals surface area contributed by atoms with Crippen molar-refractivity contribution in [1.82, 2.24) is 9.88 Å². The number of rotatable bonds is 9. The number of Topliss-reactive ketones (excluding diaryl/α,β-unsaturated/α-hetero) is 1. The number of aromatic nitrogens is 1. The standard InChI is InChI=1S/C29H25N5O5S/c1-18(35)19-5-4-6-22(15-19)31-27(36)16-26-28(37)33(14-13-20-17-30-25-8-3-2-7-24(20)25)29(40-26)32-21-9-11-23(12-10-21)34(38)39/h2-12,15,17,26,30H,13-14,16H2,1H3,(H,31,36). The fourth-order valence-electron chi connectivity index (χ4n) is 4.46. The second-order valence-electron chi connectivity index (χ2n) is 9.26. The maximum absolute atomic E-state index is 13.5. The molecule has 1 aliphatic heterocycles. The van der Waals surface area contributed by atoms with E-state index in [1.807, 2.05) is 30.5 Å². The normalized spacial score (nSPS) is 16.0. The van der Waals surface area contributed by atoms with Gasteiger partial charge in [-0.25, -0.2) is 4.99 Å². The van der Waals surface area contributed by atoms with Gasteiger partial charge in [-0.2, -0.15) is 0 Å². The van der Waals surface area contributed by atoms with E-state index in [0.29, 0.717) is 35.1 Å². The average molecular weight is 556 g/mol. The van der Waals surface area contributed by atoms with Crippen LogP contribution >= 0.6 is 11.8 Å². The molecule has 2 amide bonds. The average Bonchev–Trinajstić information content (AvgIpc) is 3.48. The number of hydrogen-bond acceptors (Lipinski definition) is 7. The number of thioether (sulfide) groups is 1. The van der Waals surface area contributed by atoms with Gasteiger partial charge in [-0.15, -0.1) is 0 Å². The molecular formula is C29H25N5O5S. The lowest BCUT2D eigenvalue weighted by atomic mass is 10.1. The molecule has 5 rings (SSSR count). The number of ketones is 1. The Morgan fingerprint density at radius 1 is 1.10 bits per heavy atom. The van der Waals surface area contributed by atoms with E-state index >= 15 is 0 Å². The van der Waals surface area contributed by atoms with E-state index in [1.54, 1.807) is 29.2 Å². The van der Waals surface area contributed by atoms with Crippen LogP contribution in [0.2, 0.25) is 0 Å². The van der Waals surface area contributed by atoms with Gasteiger partial charge in [-0.3, -0.25) is 29.4 Å². The molecule has 0 saturated carbocycles. The fraction of sp³-hybridized carbons (Fsp3) is 0.172. The summed E-state index contributed by atoms with van der Waals surface area (Å²) in [5, 5.41) is 14.6. The van der Waals surface area contributed by atoms with Crippen molar-refractivity contribution in [2.24, 2.45) is 4.99 Å². The SMILES string of the molecule is CC(=O)c1cccc(NC(=O)CC2SC(=Nc3ccc([N+](=O)[O-])cc3)N(CCc3c[nH]c4ccccc34)C2=O)c1. The van der Waals surface area contributed by atoms with Crippen LogP contribution in [0.25, 0.3) is 10.9 Å². The summed E-state index contributed by atoms with van der Waals surface area (Å²) < 4.78 is 0. The zero-order chi connectivity index (χ0) is 28.2. The lowest BCUT2D eigenvalue weighted by Gasteiger charge is -2.16. The lowest BCUT2D eigenvalue weighted by Crippen LogP contribution is -2.35. The summed E-state index contributed by atoms with van der Waals surface area (Å²) in [5.74, 6) is -0.714. The summed E-state index contributed by atoms with van der Waals surface area (Å²) >= 11 is 1.19. The van der Waals surface area contributed by atoms with Crippen LogP contribution in [0, 0.1) is 10.1 Å². The molecule has 1 aromatic heterocycles. The van der Waals surface area contributed by atoms with E-state index in [2.05, 4.69) is 15.3 Å². The Labute approximate surface area is 233 Å². The van der Waals surface area contributed by atoms with Gasteiger partial charge in [-0.1, -0.05) is 42.1 Å². The summed E-state index contributed by atoms with van der Waals surface area (Å²) in [6, 6.07) is 20.3. The van der Waals surface area contributed by atoms with Gasteiger partial charge in [0.1, 0.15) is 5.25 Å². The smallest absolute Gasteiger partial charge is 0.269 e. The van der Waals surface area contributed by atoms with Crippen molar-refractivity contribution in [1.29, 1.82) is 0 Å². The van der Waals surface area contributed by atoms with Gasteiger partial charge < -0.3 is 10.3 Å². The summed E-state index contributed by atoms with van der Waals surface area (Å²) in [5.41, 5.74) is 3.41. The Balaban J connectivity index is 1.35. The molecule has 40 heavy (non-hydrogen) atoms. The number of carbonyl (C=O) groups is 3. The first kappa shape index (κ1) is 26.8. The number of para-hydroxylation sites is 1. The second kappa shape index (κ2) is 11.5. The van der Waals surface area contributed by atoms with Crippen LogP contribution in [-0.2, 0) is 16.0 Å². The van der Waals surface area contributed by atoms with Crippen molar-refractivity contribution < 1.29 is 19.3 Å². The molecule has 1 saturated heterocycles. The van der Waals surface area contributed by atoms with Crippen LogP contribution in [0.1, 0.15) is 29.3 Å². The quantitative estimate of drug-likeness (QED) is 0.159. The van der Waals surface area contributed by atoms with Crippen molar-refractivity contribution in [2.75, 3.05) is 11.9 Å². The molecule has 10 nitrogen and oxygen atoms in total. The molecule has 0 aliphatic carbocycles. The highest BCUT2D eigenvalue weighted by Gasteiger charge is 2.39. The van der Waals surface area contributed by atoms with E-state index in [0.717, 1.165) is 16.5 Å². The number of carbonyl (C=O) groups excluding carboxylic acids is 3. The Kier molecular flexibility index (Phi) is 7.74. The molecule has 4 aromatic rings. The minimum Gasteiger partial charge on any atom is -0.361 e. The van der Waals surface area contributed by atoms with Crippen molar-refractivity contribution in [3.05, 3.63) is 100 Å². The number of benzene rings is 3. The molecule has 0 bridgehead atoms. The Morgan fingerprint density at radius 3 is 2.62 bits per heavy atom. The van der Waals surface area contributed by atoms with Crippen molar-refractivity contribution in [3.63, 3.8) is 0 Å². The molecule has 0 radical (unpaired) electrons. The van der Waals surface area contributed by atoms with Gasteiger partial charge in [0.15, 0.2) is 11.0 Å². The second-order valence-corrected chi connectivity index (χ2v) is 10.4. The van der Waals surface area contributed by atoms with Crippen molar-refractivity contribution >= 4 is 62.5 Å². The number of nitro groups is 1. The number of amidine groups is 1. The number of hydrogen-bond donors (Lipinski definition) is 2. The Morgan fingerprint density at radius 2 is 1.88 bits per heavy atom. The highest BCUT2D eigenvalue weighted by molar-refractivity contribution is 8.15. The molecule has 2 N–H and O–H groups in total. The zero-order valence-corrected chi connectivity index (χ0v) is 22.3. The third-order valence-corrected chi connectivity index (χ3v) is 7.68. The van der Waals surface area contributed by atoms with Crippen LogP contribution in [-0.4, -0.2) is 49.4 Å². The van der Waals surface area contributed by atoms with Crippen molar-refractivity contribution in [3.8, 4) is 0 Å². The maximum Gasteiger partial charge on any atom is 0.269 e. The van der Waals surface area contributed by atoms with Crippen molar-refractivity contribution in [2.45, 2.75) is 25.0 Å². The molecule has 1 atom stereocenters. The Hall–Kier alpha value is -4.77. The summed E-state index contributed by atoms with van der Waals surface area (Å²) in [6.45, 7) is 1.80. The highest BCUT2D eigenvalue weighted by Crippen LogP contribution is 2.33. The molecule has 11 heteroatoms. The lowest BCUT2D eigenvalue weighted by molar-refractivity contribution is -0.384. The van der Waals surface area contributed by atoms with Gasteiger partial charge in [0, 0.05) is 53.4 Å². The number of nitrogens with one attached hydrogen (secondary N) is 2. The monoisotopic (exact) mass is 555 g/mol. The van der Waals surface area contributed by atoms with E-state index in [4.69, 9.17) is 0 Å². The molecule has 2 heterocycles. The third kappa shape index (κ3) is 5.94. The van der Waals surface area contributed by atoms with Crippen LogP contribution in [0.15, 0.2) is 84.0 Å². The first-order valence-electron chi connectivity index (χ1n) is 12.6. The number of H-pyrrole nitrogens is 1. The predicted octanol–water partition coefficient (Wildman–Crippen LogP) is 5.48. The highest BCUT2D eigenvalue weighted by atomic mass is 32.2.